The molecule has 0 atom stereocenters. The molecule has 0 saturated heterocycles. The third kappa shape index (κ3) is 4.14. The van der Waals surface area contributed by atoms with Crippen molar-refractivity contribution in [2.24, 2.45) is 0 Å². The minimum Gasteiger partial charge on any atom is -0.265 e. The van der Waals surface area contributed by atoms with Crippen LogP contribution in [-0.4, -0.2) is 8.74 Å². The molecule has 0 nitrogen and oxygen atoms in total. The van der Waals surface area contributed by atoms with E-state index in [0.717, 1.165) is 11.1 Å². The predicted molar refractivity (Wildman–Crippen MR) is 86.5 cm³/mol. The zero-order chi connectivity index (χ0) is 15.8. The molecule has 0 aliphatic heterocycles. The maximum atomic E-state index is 14.4. The average Bonchev–Trinajstić information content (AvgIpc) is 2.26. The number of benzene rings is 1. The van der Waals surface area contributed by atoms with Crippen LogP contribution in [-0.2, 0) is 10.8 Å². The normalized spacial score (nSPS) is 13.7. The fraction of sp³-hybridized carbons (Fsp3) is 0.647. The molecule has 0 amide bonds. The smallest absolute Gasteiger partial charge is 0.265 e. The Morgan fingerprint density at radius 2 is 1.25 bits per heavy atom. The minimum absolute atomic E-state index is 0.0458. The van der Waals surface area contributed by atoms with Gasteiger partial charge in [0.05, 0.1) is 0 Å². The van der Waals surface area contributed by atoms with Gasteiger partial charge >= 0.3 is 8.74 Å². The maximum Gasteiger partial charge on any atom is 0.455 e. The van der Waals surface area contributed by atoms with Gasteiger partial charge < -0.3 is 0 Å². The summed E-state index contributed by atoms with van der Waals surface area (Å²) in [5.74, 6) is 0. The molecule has 0 N–H and O–H groups in total. The highest BCUT2D eigenvalue weighted by molar-refractivity contribution is 6.80. The van der Waals surface area contributed by atoms with Gasteiger partial charge in [-0.1, -0.05) is 73.1 Å². The van der Waals surface area contributed by atoms with Gasteiger partial charge in [-0.25, -0.2) is 0 Å². The van der Waals surface area contributed by atoms with Crippen LogP contribution in [0.3, 0.4) is 0 Å². The van der Waals surface area contributed by atoms with Crippen LogP contribution in [0.1, 0.15) is 66.0 Å². The van der Waals surface area contributed by atoms with Crippen molar-refractivity contribution in [2.75, 3.05) is 0 Å². The first kappa shape index (κ1) is 17.3. The Labute approximate surface area is 124 Å². The van der Waals surface area contributed by atoms with E-state index in [0.29, 0.717) is 11.6 Å². The second kappa shape index (κ2) is 5.59. The molecular formula is C17H28F2Si. The van der Waals surface area contributed by atoms with Crippen LogP contribution in [0.25, 0.3) is 0 Å². The standard InChI is InChI=1S/C17H28F2Si/c1-8-9-20(18,19)15-11-13(16(2,3)4)10-14(12-15)17(5,6)7/h10-12H,8-9H2,1-7H3. The van der Waals surface area contributed by atoms with E-state index in [2.05, 4.69) is 47.6 Å². The molecule has 0 radical (unpaired) electrons. The van der Waals surface area contributed by atoms with Crippen molar-refractivity contribution in [1.82, 2.24) is 0 Å². The second-order valence-corrected chi connectivity index (χ2v) is 10.2. The molecule has 3 heteroatoms. The van der Waals surface area contributed by atoms with Gasteiger partial charge in [-0.2, -0.15) is 0 Å². The average molecular weight is 298 g/mol. The highest BCUT2D eigenvalue weighted by Gasteiger charge is 2.38. The maximum absolute atomic E-state index is 14.4. The van der Waals surface area contributed by atoms with Crippen LogP contribution in [0.15, 0.2) is 18.2 Å². The molecule has 0 bridgehead atoms. The molecule has 0 spiro atoms. The van der Waals surface area contributed by atoms with Gasteiger partial charge in [-0.05, 0) is 22.0 Å². The summed E-state index contributed by atoms with van der Waals surface area (Å²) in [4.78, 5) is 0. The molecule has 114 valence electrons. The summed E-state index contributed by atoms with van der Waals surface area (Å²) in [6.07, 6.45) is 0.545. The van der Waals surface area contributed by atoms with Crippen LogP contribution in [0, 0.1) is 0 Å². The number of rotatable bonds is 3. The second-order valence-electron chi connectivity index (χ2n) is 7.75. The van der Waals surface area contributed by atoms with Gasteiger partial charge in [-0.3, -0.25) is 8.22 Å². The summed E-state index contributed by atoms with van der Waals surface area (Å²) in [5.41, 5.74) is 1.82. The quantitative estimate of drug-likeness (QED) is 0.526. The Bertz CT molecular complexity index is 433. The Morgan fingerprint density at radius 3 is 1.55 bits per heavy atom. The molecule has 1 aromatic carbocycles. The molecule has 0 unspecified atom stereocenters. The van der Waals surface area contributed by atoms with Crippen LogP contribution < -0.4 is 5.19 Å². The number of hydrogen-bond acceptors (Lipinski definition) is 0. The molecular weight excluding hydrogens is 270 g/mol. The van der Waals surface area contributed by atoms with Crippen LogP contribution >= 0.6 is 0 Å². The lowest BCUT2D eigenvalue weighted by molar-refractivity contribution is 0.567. The summed E-state index contributed by atoms with van der Waals surface area (Å²) in [6.45, 7) is 14.3. The van der Waals surface area contributed by atoms with Crippen molar-refractivity contribution in [1.29, 1.82) is 0 Å². The first-order valence-corrected chi connectivity index (χ1v) is 9.38. The monoisotopic (exact) mass is 298 g/mol. The van der Waals surface area contributed by atoms with Crippen molar-refractivity contribution < 1.29 is 8.22 Å². The Hall–Kier alpha value is -0.703. The summed E-state index contributed by atoms with van der Waals surface area (Å²) in [6, 6.07) is 5.64. The molecule has 1 aromatic rings. The van der Waals surface area contributed by atoms with E-state index < -0.39 is 8.74 Å². The molecule has 1 rings (SSSR count). The number of halogens is 2. The van der Waals surface area contributed by atoms with E-state index in [-0.39, 0.29) is 16.9 Å². The zero-order valence-corrected chi connectivity index (χ0v) is 14.9. The SMILES string of the molecule is CCC[Si](F)(F)c1cc(C(C)(C)C)cc(C(C)(C)C)c1. The van der Waals surface area contributed by atoms with Gasteiger partial charge in [0.25, 0.3) is 0 Å². The minimum atomic E-state index is -4.30. The first-order chi connectivity index (χ1) is 8.88. The van der Waals surface area contributed by atoms with Crippen LogP contribution in [0.4, 0.5) is 8.22 Å². The van der Waals surface area contributed by atoms with E-state index in [9.17, 15) is 8.22 Å². The molecule has 0 fully saturated rings. The summed E-state index contributed by atoms with van der Waals surface area (Å²) < 4.78 is 28.9. The highest BCUT2D eigenvalue weighted by atomic mass is 28.4. The molecule has 0 aliphatic carbocycles. The van der Waals surface area contributed by atoms with Crippen molar-refractivity contribution in [2.45, 2.75) is 71.8 Å². The van der Waals surface area contributed by atoms with Gasteiger partial charge in [0.2, 0.25) is 0 Å². The summed E-state index contributed by atoms with van der Waals surface area (Å²) in [5, 5.41) is 0.302. The van der Waals surface area contributed by atoms with Gasteiger partial charge in [0.1, 0.15) is 0 Å². The molecule has 0 aliphatic rings. The Morgan fingerprint density at radius 1 is 0.850 bits per heavy atom. The lowest BCUT2D eigenvalue weighted by Gasteiger charge is -2.27. The third-order valence-corrected chi connectivity index (χ3v) is 5.91. The van der Waals surface area contributed by atoms with E-state index in [1.165, 1.54) is 0 Å². The van der Waals surface area contributed by atoms with E-state index >= 15 is 0 Å². The van der Waals surface area contributed by atoms with Crippen LogP contribution in [0.5, 0.6) is 0 Å². The van der Waals surface area contributed by atoms with Crippen molar-refractivity contribution in [3.8, 4) is 0 Å². The lowest BCUT2D eigenvalue weighted by atomic mass is 9.81. The summed E-state index contributed by atoms with van der Waals surface area (Å²) >= 11 is 0. The zero-order valence-electron chi connectivity index (χ0n) is 13.9. The fourth-order valence-electron chi connectivity index (χ4n) is 2.16. The fourth-order valence-corrected chi connectivity index (χ4v) is 3.81. The van der Waals surface area contributed by atoms with E-state index in [4.69, 9.17) is 0 Å². The van der Waals surface area contributed by atoms with Gasteiger partial charge in [-0.15, -0.1) is 0 Å². The lowest BCUT2D eigenvalue weighted by Crippen LogP contribution is -2.40. The largest absolute Gasteiger partial charge is 0.455 e. The van der Waals surface area contributed by atoms with Crippen molar-refractivity contribution >= 4 is 13.9 Å². The third-order valence-electron chi connectivity index (χ3n) is 3.65. The van der Waals surface area contributed by atoms with E-state index in [1.54, 1.807) is 12.1 Å². The summed E-state index contributed by atoms with van der Waals surface area (Å²) in [7, 11) is -4.30. The Kier molecular flexibility index (Phi) is 4.85. The molecule has 20 heavy (non-hydrogen) atoms. The molecule has 0 saturated carbocycles. The Balaban J connectivity index is 3.46. The highest BCUT2D eigenvalue weighted by Crippen LogP contribution is 2.30. The van der Waals surface area contributed by atoms with Gasteiger partial charge in [0.15, 0.2) is 0 Å². The van der Waals surface area contributed by atoms with Crippen molar-refractivity contribution in [3.63, 3.8) is 0 Å². The van der Waals surface area contributed by atoms with Crippen molar-refractivity contribution in [3.05, 3.63) is 29.3 Å². The molecule has 0 heterocycles. The topological polar surface area (TPSA) is 0 Å². The van der Waals surface area contributed by atoms with Crippen LogP contribution in [0.2, 0.25) is 6.04 Å². The van der Waals surface area contributed by atoms with E-state index in [1.807, 2.05) is 6.92 Å². The van der Waals surface area contributed by atoms with Gasteiger partial charge in [0, 0.05) is 11.2 Å². The predicted octanol–water partition coefficient (Wildman–Crippen LogP) is 5.28. The number of hydrogen-bond donors (Lipinski definition) is 0. The molecule has 0 aromatic heterocycles. The first-order valence-electron chi connectivity index (χ1n) is 7.42.